The normalized spacial score (nSPS) is 13.4. The van der Waals surface area contributed by atoms with Crippen LogP contribution in [0.25, 0.3) is 22.2 Å². The van der Waals surface area contributed by atoms with Gasteiger partial charge in [0.25, 0.3) is 0 Å². The lowest BCUT2D eigenvalue weighted by Crippen LogP contribution is -2.34. The number of carbonyl (C=O) groups is 3. The molecule has 4 aromatic rings. The Kier molecular flexibility index (Phi) is 9.86. The van der Waals surface area contributed by atoms with Crippen LogP contribution in [0.4, 0.5) is 9.93 Å². The highest BCUT2D eigenvalue weighted by Crippen LogP contribution is 2.35. The predicted molar refractivity (Wildman–Crippen MR) is 183 cm³/mol. The average Bonchev–Trinajstić information content (AvgIpc) is 3.63. The van der Waals surface area contributed by atoms with Crippen molar-refractivity contribution in [1.29, 1.82) is 0 Å². The minimum absolute atomic E-state index is 0.0386. The molecule has 0 bridgehead atoms. The molecule has 2 heterocycles. The molecule has 0 atom stereocenters. The zero-order chi connectivity index (χ0) is 33.1. The summed E-state index contributed by atoms with van der Waals surface area (Å²) in [6.07, 6.45) is 5.18. The van der Waals surface area contributed by atoms with Gasteiger partial charge in [0.1, 0.15) is 11.4 Å². The van der Waals surface area contributed by atoms with Crippen LogP contribution in [0.5, 0.6) is 5.75 Å². The molecule has 0 spiro atoms. The molecule has 2 amide bonds. The third-order valence-corrected chi connectivity index (χ3v) is 8.84. The minimum Gasteiger partial charge on any atom is -0.494 e. The van der Waals surface area contributed by atoms with Gasteiger partial charge in [-0.05, 0) is 94.7 Å². The van der Waals surface area contributed by atoms with Gasteiger partial charge < -0.3 is 20.1 Å². The van der Waals surface area contributed by atoms with E-state index in [2.05, 4.69) is 24.5 Å². The van der Waals surface area contributed by atoms with E-state index in [9.17, 15) is 14.4 Å². The molecule has 0 aliphatic heterocycles. The zero-order valence-electron chi connectivity index (χ0n) is 27.6. The van der Waals surface area contributed by atoms with E-state index < -0.39 is 11.7 Å². The maximum atomic E-state index is 13.0. The maximum Gasteiger partial charge on any atom is 0.407 e. The Bertz CT molecular complexity index is 1730. The molecule has 1 fully saturated rings. The number of fused-ring (bicyclic) bond motifs is 1. The first-order valence-corrected chi connectivity index (χ1v) is 16.7. The van der Waals surface area contributed by atoms with Crippen LogP contribution in [0, 0.1) is 18.3 Å². The summed E-state index contributed by atoms with van der Waals surface area (Å²) >= 11 is 1.44. The predicted octanol–water partition coefficient (Wildman–Crippen LogP) is 8.01. The summed E-state index contributed by atoms with van der Waals surface area (Å²) in [6.45, 7) is 12.9. The molecule has 2 aromatic heterocycles. The van der Waals surface area contributed by atoms with Crippen molar-refractivity contribution in [2.45, 2.75) is 79.2 Å². The first kappa shape index (κ1) is 33.2. The number of nitrogens with zero attached hydrogens (tertiary/aromatic N) is 2. The van der Waals surface area contributed by atoms with Crippen molar-refractivity contribution < 1.29 is 23.9 Å². The van der Waals surface area contributed by atoms with Crippen molar-refractivity contribution >= 4 is 45.3 Å². The molecule has 9 nitrogen and oxygen atoms in total. The summed E-state index contributed by atoms with van der Waals surface area (Å²) in [6, 6.07) is 15.6. The Balaban J connectivity index is 1.11. The largest absolute Gasteiger partial charge is 0.494 e. The SMILES string of the molecule is Cc1sc(NC(=O)Cc2cccc(OCCC(C)(C)CCNC(=O)OC(C)(C)C)c2)nc1-c1ccc2c(ccn2C(=O)C2CC2)c1. The molecule has 0 saturated heterocycles. The fraction of sp³-hybridized carbons (Fsp3) is 0.444. The Morgan fingerprint density at radius 1 is 1.02 bits per heavy atom. The van der Waals surface area contributed by atoms with E-state index in [0.29, 0.717) is 24.0 Å². The lowest BCUT2D eigenvalue weighted by molar-refractivity contribution is -0.115. The Morgan fingerprint density at radius 2 is 1.80 bits per heavy atom. The molecule has 1 saturated carbocycles. The van der Waals surface area contributed by atoms with Crippen molar-refractivity contribution in [3.8, 4) is 17.0 Å². The van der Waals surface area contributed by atoms with Gasteiger partial charge in [-0.15, -0.1) is 11.3 Å². The van der Waals surface area contributed by atoms with Gasteiger partial charge in [-0.3, -0.25) is 14.2 Å². The van der Waals surface area contributed by atoms with Crippen LogP contribution in [-0.4, -0.2) is 46.2 Å². The number of hydrogen-bond acceptors (Lipinski definition) is 7. The fourth-order valence-electron chi connectivity index (χ4n) is 5.21. The van der Waals surface area contributed by atoms with Crippen molar-refractivity contribution in [3.05, 3.63) is 65.2 Å². The van der Waals surface area contributed by atoms with Gasteiger partial charge in [0.2, 0.25) is 11.8 Å². The molecule has 5 rings (SSSR count). The van der Waals surface area contributed by atoms with E-state index in [4.69, 9.17) is 14.5 Å². The van der Waals surface area contributed by atoms with Gasteiger partial charge in [0.05, 0.1) is 24.2 Å². The highest BCUT2D eigenvalue weighted by atomic mass is 32.1. The third kappa shape index (κ3) is 8.96. The average molecular weight is 645 g/mol. The number of alkyl carbamates (subject to hydrolysis) is 1. The smallest absolute Gasteiger partial charge is 0.407 e. The van der Waals surface area contributed by atoms with E-state index in [1.807, 2.05) is 82.4 Å². The summed E-state index contributed by atoms with van der Waals surface area (Å²) in [5, 5.41) is 7.32. The topological polar surface area (TPSA) is 112 Å². The number of hydrogen-bond donors (Lipinski definition) is 2. The fourth-order valence-corrected chi connectivity index (χ4v) is 6.06. The second kappa shape index (κ2) is 13.7. The Morgan fingerprint density at radius 3 is 2.54 bits per heavy atom. The number of aromatic nitrogens is 2. The number of aryl methyl sites for hydroxylation is 1. The number of thiazole rings is 1. The van der Waals surface area contributed by atoms with Gasteiger partial charge in [-0.1, -0.05) is 32.0 Å². The quantitative estimate of drug-likeness (QED) is 0.162. The monoisotopic (exact) mass is 644 g/mol. The van der Waals surface area contributed by atoms with Gasteiger partial charge in [-0.2, -0.15) is 0 Å². The van der Waals surface area contributed by atoms with Gasteiger partial charge in [-0.25, -0.2) is 9.78 Å². The van der Waals surface area contributed by atoms with Crippen LogP contribution in [0.1, 0.15) is 75.5 Å². The number of anilines is 1. The molecule has 10 heteroatoms. The van der Waals surface area contributed by atoms with Crippen LogP contribution in [0.3, 0.4) is 0 Å². The molecule has 0 radical (unpaired) electrons. The number of nitrogens with one attached hydrogen (secondary N) is 2. The van der Waals surface area contributed by atoms with Crippen LogP contribution < -0.4 is 15.4 Å². The molecule has 244 valence electrons. The van der Waals surface area contributed by atoms with Crippen molar-refractivity contribution in [2.75, 3.05) is 18.5 Å². The van der Waals surface area contributed by atoms with E-state index in [-0.39, 0.29) is 29.6 Å². The highest BCUT2D eigenvalue weighted by Gasteiger charge is 2.31. The summed E-state index contributed by atoms with van der Waals surface area (Å²) in [7, 11) is 0. The minimum atomic E-state index is -0.518. The molecule has 0 unspecified atom stereocenters. The second-order valence-corrected chi connectivity index (χ2v) is 15.0. The molecule has 2 N–H and O–H groups in total. The van der Waals surface area contributed by atoms with E-state index in [1.54, 1.807) is 4.57 Å². The number of carbonyl (C=O) groups excluding carboxylic acids is 3. The number of benzene rings is 2. The first-order valence-electron chi connectivity index (χ1n) is 15.9. The second-order valence-electron chi connectivity index (χ2n) is 13.8. The van der Waals surface area contributed by atoms with Crippen molar-refractivity contribution in [3.63, 3.8) is 0 Å². The van der Waals surface area contributed by atoms with E-state index in [1.165, 1.54) is 11.3 Å². The van der Waals surface area contributed by atoms with Crippen molar-refractivity contribution in [2.24, 2.45) is 11.3 Å². The molecule has 1 aliphatic carbocycles. The van der Waals surface area contributed by atoms with Gasteiger partial charge in [0, 0.05) is 34.5 Å². The standard InChI is InChI=1S/C36H44N4O5S/c1-23-31(27-12-13-29-26(22-27)14-18-40(29)32(42)25-10-11-25)39-33(46-23)38-30(41)21-24-8-7-9-28(20-24)44-19-16-36(5,6)15-17-37-34(43)45-35(2,3)4/h7-9,12-14,18,20,22,25H,10-11,15-17,19,21H2,1-6H3,(H,37,43)(H,38,39,41). The van der Waals surface area contributed by atoms with Gasteiger partial charge >= 0.3 is 6.09 Å². The first-order chi connectivity index (χ1) is 21.8. The maximum absolute atomic E-state index is 13.0. The van der Waals surface area contributed by atoms with Crippen LogP contribution >= 0.6 is 11.3 Å². The van der Waals surface area contributed by atoms with Crippen LogP contribution in [-0.2, 0) is 16.0 Å². The highest BCUT2D eigenvalue weighted by molar-refractivity contribution is 7.16. The molecule has 46 heavy (non-hydrogen) atoms. The van der Waals surface area contributed by atoms with Crippen LogP contribution in [0.15, 0.2) is 54.7 Å². The van der Waals surface area contributed by atoms with Gasteiger partial charge in [0.15, 0.2) is 5.13 Å². The summed E-state index contributed by atoms with van der Waals surface area (Å²) in [5.74, 6) is 0.882. The lowest BCUT2D eigenvalue weighted by atomic mass is 9.86. The number of rotatable bonds is 12. The number of amides is 2. The zero-order valence-corrected chi connectivity index (χ0v) is 28.4. The summed E-state index contributed by atoms with van der Waals surface area (Å²) in [5.41, 5.74) is 2.97. The lowest BCUT2D eigenvalue weighted by Gasteiger charge is -2.25. The Labute approximate surface area is 274 Å². The Hall–Kier alpha value is -4.18. The summed E-state index contributed by atoms with van der Waals surface area (Å²) < 4.78 is 13.1. The van der Waals surface area contributed by atoms with E-state index in [0.717, 1.165) is 58.3 Å². The summed E-state index contributed by atoms with van der Waals surface area (Å²) in [4.78, 5) is 43.2. The molecular formula is C36H44N4O5S. The van der Waals surface area contributed by atoms with E-state index >= 15 is 0 Å². The van der Waals surface area contributed by atoms with Crippen LogP contribution in [0.2, 0.25) is 0 Å². The third-order valence-electron chi connectivity index (χ3n) is 7.95. The van der Waals surface area contributed by atoms with Crippen molar-refractivity contribution in [1.82, 2.24) is 14.9 Å². The molecule has 1 aliphatic rings. The number of ether oxygens (including phenoxy) is 2. The molecule has 2 aromatic carbocycles. The molecular weight excluding hydrogens is 600 g/mol.